The van der Waals surface area contributed by atoms with Gasteiger partial charge < -0.3 is 9.64 Å². The normalized spacial score (nSPS) is 14.5. The number of carbonyl (C=O) groups excluding carboxylic acids is 3. The number of para-hydroxylation sites is 1. The SMILES string of the molecule is COC(=O)CCN(C(=O)CN1C(=O)c2ccccc2S1(=O)=O)c1ccccc1. The minimum Gasteiger partial charge on any atom is -0.469 e. The van der Waals surface area contributed by atoms with Gasteiger partial charge in [0.05, 0.1) is 19.1 Å². The highest BCUT2D eigenvalue weighted by Crippen LogP contribution is 2.30. The van der Waals surface area contributed by atoms with Gasteiger partial charge in [-0.2, -0.15) is 0 Å². The van der Waals surface area contributed by atoms with Crippen LogP contribution in [-0.4, -0.2) is 50.7 Å². The number of amides is 2. The fraction of sp³-hybridized carbons (Fsp3) is 0.211. The van der Waals surface area contributed by atoms with Gasteiger partial charge in [-0.3, -0.25) is 14.4 Å². The van der Waals surface area contributed by atoms with Crippen LogP contribution in [0.3, 0.4) is 0 Å². The minimum absolute atomic E-state index is 0.00938. The fourth-order valence-electron chi connectivity index (χ4n) is 2.91. The zero-order valence-electron chi connectivity index (χ0n) is 15.1. The Balaban J connectivity index is 1.86. The van der Waals surface area contributed by atoms with Crippen molar-refractivity contribution in [2.45, 2.75) is 11.3 Å². The lowest BCUT2D eigenvalue weighted by atomic mass is 10.2. The van der Waals surface area contributed by atoms with Gasteiger partial charge in [-0.05, 0) is 24.3 Å². The average Bonchev–Trinajstić information content (AvgIpc) is 2.90. The Hall–Kier alpha value is -3.20. The van der Waals surface area contributed by atoms with Crippen LogP contribution in [0, 0.1) is 0 Å². The third kappa shape index (κ3) is 3.61. The zero-order valence-corrected chi connectivity index (χ0v) is 15.9. The van der Waals surface area contributed by atoms with Crippen LogP contribution in [0.1, 0.15) is 16.8 Å². The average molecular weight is 402 g/mol. The van der Waals surface area contributed by atoms with Crippen LogP contribution in [0.2, 0.25) is 0 Å². The van der Waals surface area contributed by atoms with Gasteiger partial charge in [0, 0.05) is 12.2 Å². The molecule has 146 valence electrons. The Labute approximate surface area is 162 Å². The van der Waals surface area contributed by atoms with E-state index in [1.165, 1.54) is 30.2 Å². The lowest BCUT2D eigenvalue weighted by Gasteiger charge is -2.24. The van der Waals surface area contributed by atoms with E-state index in [9.17, 15) is 22.8 Å². The summed E-state index contributed by atoms with van der Waals surface area (Å²) in [5.74, 6) is -1.88. The number of hydrogen-bond acceptors (Lipinski definition) is 6. The summed E-state index contributed by atoms with van der Waals surface area (Å²) in [4.78, 5) is 38.1. The van der Waals surface area contributed by atoms with Crippen LogP contribution in [0.4, 0.5) is 5.69 Å². The topological polar surface area (TPSA) is 101 Å². The van der Waals surface area contributed by atoms with E-state index in [1.54, 1.807) is 36.4 Å². The molecule has 1 aliphatic heterocycles. The molecule has 0 N–H and O–H groups in total. The second kappa shape index (κ2) is 7.81. The third-order valence-electron chi connectivity index (χ3n) is 4.33. The first kappa shape index (κ1) is 19.6. The number of methoxy groups -OCH3 is 1. The van der Waals surface area contributed by atoms with Crippen LogP contribution < -0.4 is 4.90 Å². The van der Waals surface area contributed by atoms with Gasteiger partial charge in [0.15, 0.2) is 0 Å². The summed E-state index contributed by atoms with van der Waals surface area (Å²) in [5, 5.41) is 0. The molecule has 0 atom stereocenters. The Bertz CT molecular complexity index is 1020. The molecule has 8 nitrogen and oxygen atoms in total. The monoisotopic (exact) mass is 402 g/mol. The van der Waals surface area contributed by atoms with E-state index in [2.05, 4.69) is 4.74 Å². The van der Waals surface area contributed by atoms with E-state index >= 15 is 0 Å². The van der Waals surface area contributed by atoms with Gasteiger partial charge in [-0.15, -0.1) is 0 Å². The molecular weight excluding hydrogens is 384 g/mol. The van der Waals surface area contributed by atoms with E-state index in [-0.39, 0.29) is 23.4 Å². The standard InChI is InChI=1S/C19H18N2O6S/c1-27-18(23)11-12-20(14-7-3-2-4-8-14)17(22)13-21-19(24)15-9-5-6-10-16(15)28(21,25)26/h2-10H,11-13H2,1H3. The largest absolute Gasteiger partial charge is 0.469 e. The molecule has 2 aromatic carbocycles. The van der Waals surface area contributed by atoms with Crippen molar-refractivity contribution < 1.29 is 27.5 Å². The molecule has 3 rings (SSSR count). The lowest BCUT2D eigenvalue weighted by Crippen LogP contribution is -2.43. The summed E-state index contributed by atoms with van der Waals surface area (Å²) in [6, 6.07) is 14.3. The maximum Gasteiger partial charge on any atom is 0.307 e. The summed E-state index contributed by atoms with van der Waals surface area (Å²) < 4.78 is 30.5. The van der Waals surface area contributed by atoms with Gasteiger partial charge in [0.25, 0.3) is 15.9 Å². The highest BCUT2D eigenvalue weighted by atomic mass is 32.2. The van der Waals surface area contributed by atoms with Gasteiger partial charge in [-0.25, -0.2) is 12.7 Å². The molecule has 0 aromatic heterocycles. The Morgan fingerprint density at radius 3 is 2.32 bits per heavy atom. The van der Waals surface area contributed by atoms with Crippen molar-refractivity contribution in [3.05, 3.63) is 60.2 Å². The summed E-state index contributed by atoms with van der Waals surface area (Å²) in [6.07, 6.45) is -0.0714. The van der Waals surface area contributed by atoms with Crippen LogP contribution in [0.25, 0.3) is 0 Å². The smallest absolute Gasteiger partial charge is 0.307 e. The molecular formula is C19H18N2O6S. The van der Waals surface area contributed by atoms with E-state index in [0.717, 1.165) is 0 Å². The summed E-state index contributed by atoms with van der Waals surface area (Å²) in [5.41, 5.74) is 0.522. The number of esters is 1. The molecule has 0 saturated heterocycles. The summed E-state index contributed by atoms with van der Waals surface area (Å²) in [6.45, 7) is -0.670. The number of sulfonamides is 1. The van der Waals surface area contributed by atoms with Crippen molar-refractivity contribution in [2.24, 2.45) is 0 Å². The molecule has 2 aromatic rings. The Kier molecular flexibility index (Phi) is 5.46. The molecule has 2 amide bonds. The predicted molar refractivity (Wildman–Crippen MR) is 100 cm³/mol. The highest BCUT2D eigenvalue weighted by molar-refractivity contribution is 7.90. The highest BCUT2D eigenvalue weighted by Gasteiger charge is 2.42. The first-order chi connectivity index (χ1) is 13.4. The van der Waals surface area contributed by atoms with Gasteiger partial charge in [0.1, 0.15) is 11.4 Å². The molecule has 9 heteroatoms. The molecule has 0 spiro atoms. The molecule has 0 saturated carbocycles. The number of carbonyl (C=O) groups is 3. The maximum absolute atomic E-state index is 12.9. The molecule has 0 aliphatic carbocycles. The number of benzene rings is 2. The molecule has 1 heterocycles. The predicted octanol–water partition coefficient (Wildman–Crippen LogP) is 1.43. The third-order valence-corrected chi connectivity index (χ3v) is 6.11. The molecule has 0 unspecified atom stereocenters. The number of ether oxygens (including phenoxy) is 1. The van der Waals surface area contributed by atoms with Crippen LogP contribution in [-0.2, 0) is 24.3 Å². The summed E-state index contributed by atoms with van der Waals surface area (Å²) in [7, 11) is -2.86. The van der Waals surface area contributed by atoms with Gasteiger partial charge in [-0.1, -0.05) is 30.3 Å². The van der Waals surface area contributed by atoms with Crippen LogP contribution in [0.5, 0.6) is 0 Å². The second-order valence-electron chi connectivity index (χ2n) is 6.02. The zero-order chi connectivity index (χ0) is 20.3. The molecule has 0 fully saturated rings. The Morgan fingerprint density at radius 1 is 1.04 bits per heavy atom. The van der Waals surface area contributed by atoms with E-state index in [1.807, 2.05) is 0 Å². The van der Waals surface area contributed by atoms with Gasteiger partial charge in [0.2, 0.25) is 5.91 Å². The number of anilines is 1. The number of fused-ring (bicyclic) bond motifs is 1. The van der Waals surface area contributed by atoms with Crippen LogP contribution >= 0.6 is 0 Å². The number of nitrogens with zero attached hydrogens (tertiary/aromatic N) is 2. The molecule has 0 bridgehead atoms. The number of rotatable bonds is 6. The first-order valence-electron chi connectivity index (χ1n) is 8.44. The fourth-order valence-corrected chi connectivity index (χ4v) is 4.42. The van der Waals surface area contributed by atoms with Crippen molar-refractivity contribution in [3.63, 3.8) is 0 Å². The number of hydrogen-bond donors (Lipinski definition) is 0. The van der Waals surface area contributed by atoms with E-state index in [4.69, 9.17) is 0 Å². The van der Waals surface area contributed by atoms with Gasteiger partial charge >= 0.3 is 5.97 Å². The maximum atomic E-state index is 12.9. The van der Waals surface area contributed by atoms with E-state index < -0.39 is 34.4 Å². The summed E-state index contributed by atoms with van der Waals surface area (Å²) >= 11 is 0. The first-order valence-corrected chi connectivity index (χ1v) is 9.88. The van der Waals surface area contributed by atoms with Crippen LogP contribution in [0.15, 0.2) is 59.5 Å². The second-order valence-corrected chi connectivity index (χ2v) is 7.85. The van der Waals surface area contributed by atoms with Crippen molar-refractivity contribution in [1.29, 1.82) is 0 Å². The van der Waals surface area contributed by atoms with Crippen molar-refractivity contribution in [3.8, 4) is 0 Å². The molecule has 0 radical (unpaired) electrons. The molecule has 28 heavy (non-hydrogen) atoms. The quantitative estimate of drug-likeness (QED) is 0.678. The van der Waals surface area contributed by atoms with Crippen molar-refractivity contribution >= 4 is 33.5 Å². The minimum atomic E-state index is -4.10. The van der Waals surface area contributed by atoms with E-state index in [0.29, 0.717) is 9.99 Å². The van der Waals surface area contributed by atoms with Crippen molar-refractivity contribution in [2.75, 3.05) is 25.1 Å². The lowest BCUT2D eigenvalue weighted by molar-refractivity contribution is -0.140. The molecule has 1 aliphatic rings. The Morgan fingerprint density at radius 2 is 1.68 bits per heavy atom. The van der Waals surface area contributed by atoms with Crippen molar-refractivity contribution in [1.82, 2.24) is 4.31 Å².